The van der Waals surface area contributed by atoms with Crippen LogP contribution < -0.4 is 5.32 Å². The third-order valence-corrected chi connectivity index (χ3v) is 4.92. The summed E-state index contributed by atoms with van der Waals surface area (Å²) in [6.07, 6.45) is 0.722. The predicted octanol–water partition coefficient (Wildman–Crippen LogP) is 2.62. The number of carbonyl (C=O) groups excluding carboxylic acids is 2. The molecule has 0 aromatic heterocycles. The fourth-order valence-corrected chi connectivity index (χ4v) is 3.65. The predicted molar refractivity (Wildman–Crippen MR) is 96.5 cm³/mol. The number of rotatable bonds is 6. The van der Waals surface area contributed by atoms with Gasteiger partial charge in [0, 0.05) is 0 Å². The molecule has 0 bridgehead atoms. The first-order valence-corrected chi connectivity index (χ1v) is 9.11. The Kier molecular flexibility index (Phi) is 5.54. The molecule has 1 saturated heterocycles. The van der Waals surface area contributed by atoms with E-state index in [4.69, 9.17) is 0 Å². The number of benzene rings is 2. The van der Waals surface area contributed by atoms with Crippen molar-refractivity contribution in [1.29, 1.82) is 0 Å². The van der Waals surface area contributed by atoms with Gasteiger partial charge in [-0.2, -0.15) is 0 Å². The van der Waals surface area contributed by atoms with Crippen LogP contribution in [0.3, 0.4) is 0 Å². The summed E-state index contributed by atoms with van der Waals surface area (Å²) in [5.74, 6) is 0.991. The van der Waals surface area contributed by atoms with Crippen LogP contribution in [0.1, 0.15) is 17.2 Å². The van der Waals surface area contributed by atoms with Crippen molar-refractivity contribution in [3.8, 4) is 0 Å². The van der Waals surface area contributed by atoms with Gasteiger partial charge in [0.1, 0.15) is 6.54 Å². The van der Waals surface area contributed by atoms with Gasteiger partial charge in [0.05, 0.1) is 17.7 Å². The average molecular weight is 340 g/mol. The van der Waals surface area contributed by atoms with E-state index < -0.39 is 0 Å². The molecule has 1 aliphatic heterocycles. The van der Waals surface area contributed by atoms with Crippen LogP contribution >= 0.6 is 11.8 Å². The number of hydrogen-bond acceptors (Lipinski definition) is 3. The van der Waals surface area contributed by atoms with Crippen LogP contribution in [0.5, 0.6) is 0 Å². The highest BCUT2D eigenvalue weighted by molar-refractivity contribution is 8.00. The lowest BCUT2D eigenvalue weighted by Crippen LogP contribution is -2.40. The molecule has 0 spiro atoms. The molecule has 1 fully saturated rings. The van der Waals surface area contributed by atoms with Gasteiger partial charge in [-0.3, -0.25) is 9.59 Å². The number of nitrogens with one attached hydrogen (secondary N) is 1. The van der Waals surface area contributed by atoms with Crippen molar-refractivity contribution in [3.05, 3.63) is 71.8 Å². The van der Waals surface area contributed by atoms with Crippen LogP contribution in [0, 0.1) is 0 Å². The molecular formula is C19H20N2O2S. The maximum Gasteiger partial charge on any atom is 0.240 e. The summed E-state index contributed by atoms with van der Waals surface area (Å²) >= 11 is 1.55. The molecule has 2 aromatic rings. The molecule has 4 nitrogen and oxygen atoms in total. The molecular weight excluding hydrogens is 320 g/mol. The lowest BCUT2D eigenvalue weighted by atomic mass is 9.99. The summed E-state index contributed by atoms with van der Waals surface area (Å²) in [5, 5.41) is 3.09. The summed E-state index contributed by atoms with van der Waals surface area (Å²) in [5.41, 5.74) is 2.23. The zero-order valence-electron chi connectivity index (χ0n) is 13.4. The van der Waals surface area contributed by atoms with Crippen LogP contribution in [0.15, 0.2) is 60.7 Å². The maximum absolute atomic E-state index is 12.4. The number of thioether (sulfide) groups is 1. The highest BCUT2D eigenvalue weighted by Crippen LogP contribution is 2.19. The van der Waals surface area contributed by atoms with E-state index in [0.717, 1.165) is 12.0 Å². The van der Waals surface area contributed by atoms with Crippen LogP contribution in [-0.4, -0.2) is 34.9 Å². The molecule has 0 radical (unpaired) electrons. The van der Waals surface area contributed by atoms with Gasteiger partial charge in [0.25, 0.3) is 0 Å². The summed E-state index contributed by atoms with van der Waals surface area (Å²) in [6.45, 7) is 0.129. The molecule has 1 N–H and O–H groups in total. The van der Waals surface area contributed by atoms with E-state index in [-0.39, 0.29) is 24.4 Å². The van der Waals surface area contributed by atoms with Crippen molar-refractivity contribution < 1.29 is 9.59 Å². The van der Waals surface area contributed by atoms with E-state index in [9.17, 15) is 9.59 Å². The minimum absolute atomic E-state index is 0.0365. The second kappa shape index (κ2) is 8.02. The molecule has 0 saturated carbocycles. The zero-order chi connectivity index (χ0) is 16.8. The Balaban J connectivity index is 1.70. The van der Waals surface area contributed by atoms with E-state index >= 15 is 0 Å². The molecule has 124 valence electrons. The van der Waals surface area contributed by atoms with Gasteiger partial charge in [0.15, 0.2) is 0 Å². The Labute approximate surface area is 146 Å². The standard InChI is InChI=1S/C19H20N2O2S/c22-18(12-21-14-24-13-19(21)23)20-17(16-9-5-2-6-10-16)11-15-7-3-1-4-8-15/h1-10,17H,11-14H2,(H,20,22). The maximum atomic E-state index is 12.4. The van der Waals surface area contributed by atoms with Gasteiger partial charge in [-0.05, 0) is 17.5 Å². The van der Waals surface area contributed by atoms with Crippen LogP contribution in [-0.2, 0) is 16.0 Å². The largest absolute Gasteiger partial charge is 0.347 e. The first kappa shape index (κ1) is 16.6. The minimum atomic E-state index is -0.115. The van der Waals surface area contributed by atoms with E-state index in [1.54, 1.807) is 16.7 Å². The van der Waals surface area contributed by atoms with Gasteiger partial charge >= 0.3 is 0 Å². The van der Waals surface area contributed by atoms with Crippen molar-refractivity contribution in [2.45, 2.75) is 12.5 Å². The second-order valence-corrected chi connectivity index (χ2v) is 6.74. The molecule has 1 aliphatic rings. The average Bonchev–Trinajstić information content (AvgIpc) is 3.01. The van der Waals surface area contributed by atoms with Crippen molar-refractivity contribution in [1.82, 2.24) is 10.2 Å². The van der Waals surface area contributed by atoms with E-state index in [0.29, 0.717) is 11.6 Å². The lowest BCUT2D eigenvalue weighted by molar-refractivity contribution is -0.132. The number of nitrogens with zero attached hydrogens (tertiary/aromatic N) is 1. The first-order valence-electron chi connectivity index (χ1n) is 7.96. The summed E-state index contributed by atoms with van der Waals surface area (Å²) < 4.78 is 0. The Morgan fingerprint density at radius 1 is 1.08 bits per heavy atom. The van der Waals surface area contributed by atoms with Gasteiger partial charge in [-0.25, -0.2) is 0 Å². The monoisotopic (exact) mass is 340 g/mol. The third kappa shape index (κ3) is 4.38. The van der Waals surface area contributed by atoms with Gasteiger partial charge in [-0.15, -0.1) is 11.8 Å². The normalized spacial score (nSPS) is 15.3. The first-order chi connectivity index (χ1) is 11.7. The molecule has 24 heavy (non-hydrogen) atoms. The molecule has 5 heteroatoms. The summed E-state index contributed by atoms with van der Waals surface area (Å²) in [4.78, 5) is 25.7. The van der Waals surface area contributed by atoms with Crippen molar-refractivity contribution in [3.63, 3.8) is 0 Å². The number of amides is 2. The highest BCUT2D eigenvalue weighted by atomic mass is 32.2. The molecule has 0 aliphatic carbocycles. The topological polar surface area (TPSA) is 49.4 Å². The van der Waals surface area contributed by atoms with Crippen molar-refractivity contribution in [2.24, 2.45) is 0 Å². The van der Waals surface area contributed by atoms with Gasteiger partial charge in [-0.1, -0.05) is 60.7 Å². The fourth-order valence-electron chi connectivity index (χ4n) is 2.74. The molecule has 1 atom stereocenters. The van der Waals surface area contributed by atoms with Crippen LogP contribution in [0.25, 0.3) is 0 Å². The molecule has 1 heterocycles. The van der Waals surface area contributed by atoms with Crippen molar-refractivity contribution >= 4 is 23.6 Å². The van der Waals surface area contributed by atoms with Crippen LogP contribution in [0.4, 0.5) is 0 Å². The third-order valence-electron chi connectivity index (χ3n) is 3.98. The van der Waals surface area contributed by atoms with E-state index in [2.05, 4.69) is 17.4 Å². The summed E-state index contributed by atoms with van der Waals surface area (Å²) in [7, 11) is 0. The fraction of sp³-hybridized carbons (Fsp3) is 0.263. The second-order valence-electron chi connectivity index (χ2n) is 5.79. The highest BCUT2D eigenvalue weighted by Gasteiger charge is 2.24. The molecule has 3 rings (SSSR count). The number of carbonyl (C=O) groups is 2. The Hall–Kier alpha value is -2.27. The quantitative estimate of drug-likeness (QED) is 0.879. The smallest absolute Gasteiger partial charge is 0.240 e. The minimum Gasteiger partial charge on any atom is -0.347 e. The Morgan fingerprint density at radius 2 is 1.75 bits per heavy atom. The molecule has 1 unspecified atom stereocenters. The van der Waals surface area contributed by atoms with Crippen LogP contribution in [0.2, 0.25) is 0 Å². The van der Waals surface area contributed by atoms with Gasteiger partial charge < -0.3 is 10.2 Å². The number of hydrogen-bond donors (Lipinski definition) is 1. The summed E-state index contributed by atoms with van der Waals surface area (Å²) in [6, 6.07) is 19.9. The molecule has 2 aromatic carbocycles. The molecule has 2 amide bonds. The van der Waals surface area contributed by atoms with E-state index in [1.165, 1.54) is 5.56 Å². The van der Waals surface area contributed by atoms with Crippen molar-refractivity contribution in [2.75, 3.05) is 18.2 Å². The Morgan fingerprint density at radius 3 is 2.38 bits per heavy atom. The Bertz CT molecular complexity index is 691. The SMILES string of the molecule is O=C(CN1CSCC1=O)NC(Cc1ccccc1)c1ccccc1. The van der Waals surface area contributed by atoms with Gasteiger partial charge in [0.2, 0.25) is 11.8 Å². The lowest BCUT2D eigenvalue weighted by Gasteiger charge is -2.21. The zero-order valence-corrected chi connectivity index (χ0v) is 14.2. The van der Waals surface area contributed by atoms with E-state index in [1.807, 2.05) is 48.5 Å².